The van der Waals surface area contributed by atoms with E-state index in [0.29, 0.717) is 0 Å². The third kappa shape index (κ3) is 5.79. The van der Waals surface area contributed by atoms with Gasteiger partial charge >= 0.3 is 0 Å². The number of nitrogens with zero attached hydrogens (tertiary/aromatic N) is 2. The van der Waals surface area contributed by atoms with Crippen molar-refractivity contribution in [2.45, 2.75) is 4.90 Å². The fourth-order valence-electron chi connectivity index (χ4n) is 0.564. The average Bonchev–Trinajstić information content (AvgIpc) is 2.17. The van der Waals surface area contributed by atoms with Crippen molar-refractivity contribution in [3.63, 3.8) is 0 Å². The number of pyridine rings is 1. The van der Waals surface area contributed by atoms with Crippen molar-refractivity contribution in [1.29, 1.82) is 0 Å². The molecule has 0 bridgehead atoms. The predicted molar refractivity (Wildman–Crippen MR) is 61.5 cm³/mol. The normalized spacial score (nSPS) is 10.0. The summed E-state index contributed by atoms with van der Waals surface area (Å²) in [4.78, 5) is 14.3. The first-order chi connectivity index (χ1) is 7.29. The van der Waals surface area contributed by atoms with Gasteiger partial charge in [-0.3, -0.25) is 9.35 Å². The third-order valence-electron chi connectivity index (χ3n) is 1.21. The highest BCUT2D eigenvalue weighted by molar-refractivity contribution is 9.10. The molecule has 0 saturated carbocycles. The molecule has 0 aliphatic carbocycles. The van der Waals surface area contributed by atoms with Crippen LogP contribution in [-0.4, -0.2) is 43.4 Å². The van der Waals surface area contributed by atoms with E-state index in [2.05, 4.69) is 20.9 Å². The van der Waals surface area contributed by atoms with E-state index in [1.807, 2.05) is 0 Å². The molecule has 1 aromatic heterocycles. The highest BCUT2D eigenvalue weighted by Gasteiger charge is 2.13. The first kappa shape index (κ1) is 15.0. The molecule has 6 nitrogen and oxygen atoms in total. The lowest BCUT2D eigenvalue weighted by molar-refractivity contribution is -0.115. The van der Waals surface area contributed by atoms with Gasteiger partial charge in [0.05, 0.1) is 0 Å². The molecule has 0 saturated heterocycles. The van der Waals surface area contributed by atoms with Crippen molar-refractivity contribution in [1.82, 2.24) is 9.88 Å². The number of carbonyl (C=O) groups is 1. The zero-order chi connectivity index (χ0) is 12.8. The molecule has 16 heavy (non-hydrogen) atoms. The number of hydrogen-bond acceptors (Lipinski definition) is 4. The maximum absolute atomic E-state index is 10.5. The van der Waals surface area contributed by atoms with Gasteiger partial charge < -0.3 is 4.90 Å². The smallest absolute Gasteiger partial charge is 0.297 e. The molecule has 0 radical (unpaired) electrons. The fourth-order valence-corrected chi connectivity index (χ4v) is 1.94. The molecule has 0 fully saturated rings. The van der Waals surface area contributed by atoms with E-state index in [4.69, 9.17) is 4.55 Å². The van der Waals surface area contributed by atoms with Gasteiger partial charge in [0.2, 0.25) is 6.41 Å². The van der Waals surface area contributed by atoms with Crippen molar-refractivity contribution < 1.29 is 17.8 Å². The van der Waals surface area contributed by atoms with E-state index in [-0.39, 0.29) is 9.50 Å². The molecule has 0 aliphatic rings. The molecule has 0 unspecified atom stereocenters. The minimum absolute atomic E-state index is 0.113. The van der Waals surface area contributed by atoms with Crippen LogP contribution in [0.5, 0.6) is 0 Å². The summed E-state index contributed by atoms with van der Waals surface area (Å²) in [6.45, 7) is 0. The summed E-state index contributed by atoms with van der Waals surface area (Å²) in [6, 6.07) is 2.68. The van der Waals surface area contributed by atoms with Gasteiger partial charge in [0, 0.05) is 20.3 Å². The van der Waals surface area contributed by atoms with Crippen LogP contribution in [0.4, 0.5) is 0 Å². The van der Waals surface area contributed by atoms with Gasteiger partial charge in [0.25, 0.3) is 10.1 Å². The Bertz CT molecular complexity index is 447. The lowest BCUT2D eigenvalue weighted by Gasteiger charge is -1.96. The lowest BCUT2D eigenvalue weighted by Crippen LogP contribution is -2.06. The van der Waals surface area contributed by atoms with Gasteiger partial charge in [-0.25, -0.2) is 4.98 Å². The summed E-state index contributed by atoms with van der Waals surface area (Å²) in [5.41, 5.74) is 0. The summed E-state index contributed by atoms with van der Waals surface area (Å²) in [5, 5.41) is 0. The fraction of sp³-hybridized carbons (Fsp3) is 0.250. The molecule has 0 aromatic carbocycles. The average molecular weight is 311 g/mol. The minimum atomic E-state index is -4.14. The first-order valence-corrected chi connectivity index (χ1v) is 6.22. The molecule has 0 spiro atoms. The molecule has 8 heteroatoms. The van der Waals surface area contributed by atoms with E-state index in [9.17, 15) is 13.2 Å². The highest BCUT2D eigenvalue weighted by atomic mass is 79.9. The summed E-state index contributed by atoms with van der Waals surface area (Å²) in [7, 11) is -0.768. The Kier molecular flexibility index (Phi) is 6.16. The molecule has 90 valence electrons. The Morgan fingerprint density at radius 3 is 2.25 bits per heavy atom. The molecule has 1 amide bonds. The van der Waals surface area contributed by atoms with Crippen LogP contribution in [0.25, 0.3) is 0 Å². The monoisotopic (exact) mass is 310 g/mol. The van der Waals surface area contributed by atoms with Crippen LogP contribution in [0.3, 0.4) is 0 Å². The lowest BCUT2D eigenvalue weighted by atomic mass is 10.5. The number of carbonyl (C=O) groups excluding carboxylic acids is 1. The summed E-state index contributed by atoms with van der Waals surface area (Å²) in [6.07, 6.45) is 2.17. The van der Waals surface area contributed by atoms with Crippen LogP contribution in [0.2, 0.25) is 0 Å². The van der Waals surface area contributed by atoms with Crippen LogP contribution >= 0.6 is 15.9 Å². The number of halogens is 1. The van der Waals surface area contributed by atoms with Crippen molar-refractivity contribution >= 4 is 32.5 Å². The number of amides is 1. The Morgan fingerprint density at radius 2 is 2.00 bits per heavy atom. The largest absolute Gasteiger partial charge is 0.351 e. The van der Waals surface area contributed by atoms with Gasteiger partial charge in [-0.2, -0.15) is 8.42 Å². The van der Waals surface area contributed by atoms with E-state index in [0.717, 1.165) is 6.41 Å². The van der Waals surface area contributed by atoms with Crippen molar-refractivity contribution in [2.24, 2.45) is 0 Å². The van der Waals surface area contributed by atoms with Crippen LogP contribution in [0.15, 0.2) is 27.8 Å². The molecule has 1 heterocycles. The SMILES string of the molecule is CN(C)C=O.O=S(=O)(O)c1cccnc1Br. The first-order valence-electron chi connectivity index (χ1n) is 3.98. The second-order valence-electron chi connectivity index (χ2n) is 2.84. The zero-order valence-electron chi connectivity index (χ0n) is 8.66. The molecule has 0 aliphatic heterocycles. The molecule has 1 aromatic rings. The molecular weight excluding hydrogens is 300 g/mol. The second-order valence-corrected chi connectivity index (χ2v) is 4.98. The van der Waals surface area contributed by atoms with E-state index >= 15 is 0 Å². The highest BCUT2D eigenvalue weighted by Crippen LogP contribution is 2.17. The van der Waals surface area contributed by atoms with Crippen molar-refractivity contribution in [3.8, 4) is 0 Å². The Balaban J connectivity index is 0.000000385. The van der Waals surface area contributed by atoms with Crippen molar-refractivity contribution in [3.05, 3.63) is 22.9 Å². The van der Waals surface area contributed by atoms with Gasteiger partial charge in [0.1, 0.15) is 9.50 Å². The minimum Gasteiger partial charge on any atom is -0.351 e. The van der Waals surface area contributed by atoms with E-state index < -0.39 is 10.1 Å². The van der Waals surface area contributed by atoms with E-state index in [1.54, 1.807) is 14.1 Å². The molecular formula is C8H11BrN2O4S. The quantitative estimate of drug-likeness (QED) is 0.496. The Labute approximate surface area is 102 Å². The van der Waals surface area contributed by atoms with Crippen LogP contribution in [-0.2, 0) is 14.9 Å². The summed E-state index contributed by atoms with van der Waals surface area (Å²) >= 11 is 2.88. The second kappa shape index (κ2) is 6.56. The Hall–Kier alpha value is -0.990. The predicted octanol–water partition coefficient (Wildman–Crippen LogP) is 0.795. The summed E-state index contributed by atoms with van der Waals surface area (Å²) < 4.78 is 29.8. The van der Waals surface area contributed by atoms with Crippen LogP contribution in [0.1, 0.15) is 0 Å². The number of rotatable bonds is 2. The number of hydrogen-bond donors (Lipinski definition) is 1. The maximum atomic E-state index is 10.5. The standard InChI is InChI=1S/C5H4BrNO3S.C3H7NO/c6-5-4(11(8,9)10)2-1-3-7-5;1-4(2)3-5/h1-3H,(H,8,9,10);3H,1-2H3. The van der Waals surface area contributed by atoms with Crippen molar-refractivity contribution in [2.75, 3.05) is 14.1 Å². The Morgan fingerprint density at radius 1 is 1.50 bits per heavy atom. The maximum Gasteiger partial charge on any atom is 0.297 e. The molecule has 1 rings (SSSR count). The molecule has 1 N–H and O–H groups in total. The van der Waals surface area contributed by atoms with E-state index in [1.165, 1.54) is 23.2 Å². The molecule has 0 atom stereocenters. The van der Waals surface area contributed by atoms with Gasteiger partial charge in [-0.1, -0.05) is 0 Å². The van der Waals surface area contributed by atoms with Crippen LogP contribution < -0.4 is 0 Å². The van der Waals surface area contributed by atoms with Gasteiger partial charge in [0.15, 0.2) is 0 Å². The topological polar surface area (TPSA) is 87.6 Å². The summed E-state index contributed by atoms with van der Waals surface area (Å²) in [5.74, 6) is 0. The third-order valence-corrected chi connectivity index (χ3v) is 2.99. The van der Waals surface area contributed by atoms with Gasteiger partial charge in [-0.05, 0) is 28.1 Å². The zero-order valence-corrected chi connectivity index (χ0v) is 11.1. The van der Waals surface area contributed by atoms with Crippen LogP contribution in [0, 0.1) is 0 Å². The van der Waals surface area contributed by atoms with Gasteiger partial charge in [-0.15, -0.1) is 0 Å². The number of aromatic nitrogens is 1.